The third kappa shape index (κ3) is 8.42. The maximum Gasteiger partial charge on any atom is 0.407 e. The number of amides is 1. The van der Waals surface area contributed by atoms with Gasteiger partial charge in [0.25, 0.3) is 0 Å². The molecule has 1 unspecified atom stereocenters. The fourth-order valence-electron chi connectivity index (χ4n) is 4.24. The first-order valence-corrected chi connectivity index (χ1v) is 14.0. The molecule has 1 amide bonds. The Bertz CT molecular complexity index is 1230. The van der Waals surface area contributed by atoms with Crippen molar-refractivity contribution in [2.45, 2.75) is 56.7 Å². The van der Waals surface area contributed by atoms with Gasteiger partial charge in [-0.05, 0) is 47.9 Å². The van der Waals surface area contributed by atoms with E-state index in [1.165, 1.54) is 4.90 Å². The predicted molar refractivity (Wildman–Crippen MR) is 145 cm³/mol. The van der Waals surface area contributed by atoms with Crippen LogP contribution in [-0.4, -0.2) is 48.3 Å². The van der Waals surface area contributed by atoms with Gasteiger partial charge in [0.15, 0.2) is 0 Å². The zero-order valence-electron chi connectivity index (χ0n) is 21.3. The first-order valence-electron chi connectivity index (χ1n) is 12.5. The second-order valence-corrected chi connectivity index (χ2v) is 11.3. The predicted octanol–water partition coefficient (Wildman–Crippen LogP) is 4.71. The summed E-state index contributed by atoms with van der Waals surface area (Å²) in [4.78, 5) is 13.7. The highest BCUT2D eigenvalue weighted by Gasteiger charge is 2.31. The van der Waals surface area contributed by atoms with Crippen molar-refractivity contribution in [3.05, 3.63) is 102 Å². The Morgan fingerprint density at radius 3 is 2.05 bits per heavy atom. The van der Waals surface area contributed by atoms with Crippen LogP contribution in [0.15, 0.2) is 89.8 Å². The lowest BCUT2D eigenvalue weighted by atomic mass is 9.99. The second-order valence-electron chi connectivity index (χ2n) is 9.61. The van der Waals surface area contributed by atoms with Gasteiger partial charge in [0.05, 0.1) is 17.0 Å². The molecule has 37 heavy (non-hydrogen) atoms. The van der Waals surface area contributed by atoms with Gasteiger partial charge in [0.2, 0.25) is 10.0 Å². The van der Waals surface area contributed by atoms with Crippen LogP contribution >= 0.6 is 0 Å². The van der Waals surface area contributed by atoms with E-state index in [1.807, 2.05) is 66.7 Å². The highest BCUT2D eigenvalue weighted by molar-refractivity contribution is 7.89. The van der Waals surface area contributed by atoms with Crippen LogP contribution in [0, 0.1) is 5.92 Å². The highest BCUT2D eigenvalue weighted by Crippen LogP contribution is 2.20. The normalized spacial score (nSPS) is 13.3. The molecule has 2 atom stereocenters. The van der Waals surface area contributed by atoms with E-state index in [1.54, 1.807) is 18.2 Å². The van der Waals surface area contributed by atoms with Gasteiger partial charge in [0.1, 0.15) is 0 Å². The number of aliphatic hydroxyl groups excluding tert-OH is 1. The monoisotopic (exact) mass is 524 g/mol. The minimum absolute atomic E-state index is 0.0650. The Morgan fingerprint density at radius 1 is 0.892 bits per heavy atom. The van der Waals surface area contributed by atoms with Crippen LogP contribution in [0.2, 0.25) is 0 Å². The molecule has 0 heterocycles. The molecule has 3 aromatic rings. The van der Waals surface area contributed by atoms with Gasteiger partial charge < -0.3 is 10.2 Å². The van der Waals surface area contributed by atoms with Crippen molar-refractivity contribution in [1.82, 2.24) is 9.62 Å². The molecule has 8 heteroatoms. The maximum atomic E-state index is 13.2. The Morgan fingerprint density at radius 2 is 1.46 bits per heavy atom. The van der Waals surface area contributed by atoms with Gasteiger partial charge in [-0.3, -0.25) is 4.90 Å². The average Bonchev–Trinajstić information content (AvgIpc) is 2.89. The van der Waals surface area contributed by atoms with E-state index in [-0.39, 0.29) is 24.4 Å². The van der Waals surface area contributed by atoms with Gasteiger partial charge in [-0.25, -0.2) is 17.9 Å². The zero-order chi connectivity index (χ0) is 26.8. The summed E-state index contributed by atoms with van der Waals surface area (Å²) < 4.78 is 29.0. The van der Waals surface area contributed by atoms with Gasteiger partial charge in [-0.2, -0.15) is 0 Å². The molecule has 7 nitrogen and oxygen atoms in total. The van der Waals surface area contributed by atoms with Gasteiger partial charge in [-0.15, -0.1) is 0 Å². The van der Waals surface area contributed by atoms with Crippen molar-refractivity contribution in [2.75, 3.05) is 6.54 Å². The van der Waals surface area contributed by atoms with E-state index in [0.29, 0.717) is 12.3 Å². The largest absolute Gasteiger partial charge is 0.465 e. The minimum atomic E-state index is -3.92. The number of aliphatic hydroxyl groups is 1. The van der Waals surface area contributed by atoms with E-state index in [9.17, 15) is 23.4 Å². The Hall–Kier alpha value is -3.20. The molecule has 0 aromatic heterocycles. The summed E-state index contributed by atoms with van der Waals surface area (Å²) in [5.74, 6) is 0.427. The summed E-state index contributed by atoms with van der Waals surface area (Å²) in [5, 5.41) is 21.2. The minimum Gasteiger partial charge on any atom is -0.465 e. The lowest BCUT2D eigenvalue weighted by molar-refractivity contribution is 0.0469. The lowest BCUT2D eigenvalue weighted by Gasteiger charge is -2.33. The standard InChI is InChI=1S/C29H36N2O5S/c1-22(2)17-18-25-15-9-10-16-28(25)37(35,36)30-20-27(32)26(19-23-11-5-3-6-12-23)31(29(33)34)21-24-13-7-4-8-14-24/h3-16,22,26-27,30,32H,17-21H2,1-2H3,(H,33,34)/t26?,27-/m1/s1. The molecule has 0 radical (unpaired) electrons. The van der Waals surface area contributed by atoms with Crippen molar-refractivity contribution in [1.29, 1.82) is 0 Å². The number of rotatable bonds is 13. The molecule has 0 aliphatic rings. The molecule has 0 fully saturated rings. The number of carbonyl (C=O) groups is 1. The molecular formula is C29H36N2O5S. The molecule has 0 saturated carbocycles. The third-order valence-electron chi connectivity index (χ3n) is 6.31. The molecule has 0 bridgehead atoms. The van der Waals surface area contributed by atoms with Crippen LogP contribution < -0.4 is 4.72 Å². The molecule has 3 N–H and O–H groups in total. The maximum absolute atomic E-state index is 13.2. The molecular weight excluding hydrogens is 488 g/mol. The molecule has 0 aliphatic carbocycles. The number of benzene rings is 3. The summed E-state index contributed by atoms with van der Waals surface area (Å²) in [6.45, 7) is 3.91. The number of carboxylic acid groups (broad SMARTS) is 1. The summed E-state index contributed by atoms with van der Waals surface area (Å²) >= 11 is 0. The van der Waals surface area contributed by atoms with Crippen molar-refractivity contribution >= 4 is 16.1 Å². The van der Waals surface area contributed by atoms with Crippen molar-refractivity contribution < 1.29 is 23.4 Å². The first-order chi connectivity index (χ1) is 17.7. The molecule has 3 aromatic carbocycles. The summed E-state index contributed by atoms with van der Waals surface area (Å²) in [7, 11) is -3.92. The van der Waals surface area contributed by atoms with E-state index in [0.717, 1.165) is 23.1 Å². The topological polar surface area (TPSA) is 107 Å². The van der Waals surface area contributed by atoms with Gasteiger partial charge in [0, 0.05) is 13.1 Å². The third-order valence-corrected chi connectivity index (χ3v) is 7.83. The summed E-state index contributed by atoms with van der Waals surface area (Å²) in [5.41, 5.74) is 2.33. The van der Waals surface area contributed by atoms with Crippen LogP contribution in [0.25, 0.3) is 0 Å². The van der Waals surface area contributed by atoms with Crippen molar-refractivity contribution in [2.24, 2.45) is 5.92 Å². The van der Waals surface area contributed by atoms with Crippen LogP contribution in [0.3, 0.4) is 0 Å². The average molecular weight is 525 g/mol. The van der Waals surface area contributed by atoms with Crippen LogP contribution in [0.5, 0.6) is 0 Å². The molecule has 3 rings (SSSR count). The van der Waals surface area contributed by atoms with Crippen LogP contribution in [-0.2, 0) is 29.4 Å². The van der Waals surface area contributed by atoms with Gasteiger partial charge in [-0.1, -0.05) is 92.7 Å². The molecule has 0 aliphatic heterocycles. The van der Waals surface area contributed by atoms with Crippen molar-refractivity contribution in [3.8, 4) is 0 Å². The fourth-order valence-corrected chi connectivity index (χ4v) is 5.56. The number of aryl methyl sites for hydroxylation is 1. The molecule has 0 spiro atoms. The fraction of sp³-hybridized carbons (Fsp3) is 0.345. The molecule has 198 valence electrons. The second kappa shape index (κ2) is 13.4. The number of nitrogens with one attached hydrogen (secondary N) is 1. The van der Waals surface area contributed by atoms with E-state index in [2.05, 4.69) is 18.6 Å². The number of nitrogens with zero attached hydrogens (tertiary/aromatic N) is 1. The highest BCUT2D eigenvalue weighted by atomic mass is 32.2. The van der Waals surface area contributed by atoms with E-state index < -0.39 is 28.3 Å². The Balaban J connectivity index is 1.83. The smallest absolute Gasteiger partial charge is 0.407 e. The Labute approximate surface area is 219 Å². The lowest BCUT2D eigenvalue weighted by Crippen LogP contribution is -2.51. The quantitative estimate of drug-likeness (QED) is 0.300. The number of hydrogen-bond donors (Lipinski definition) is 3. The number of hydrogen-bond acceptors (Lipinski definition) is 4. The number of sulfonamides is 1. The first kappa shape index (κ1) is 28.4. The summed E-state index contributed by atoms with van der Waals surface area (Å²) in [6.07, 6.45) is -0.768. The van der Waals surface area contributed by atoms with Crippen LogP contribution in [0.1, 0.15) is 37.0 Å². The Kier molecular flexibility index (Phi) is 10.3. The van der Waals surface area contributed by atoms with Gasteiger partial charge >= 0.3 is 6.09 Å². The molecule has 0 saturated heterocycles. The van der Waals surface area contributed by atoms with E-state index in [4.69, 9.17) is 0 Å². The van der Waals surface area contributed by atoms with Crippen molar-refractivity contribution in [3.63, 3.8) is 0 Å². The van der Waals surface area contributed by atoms with Crippen LogP contribution in [0.4, 0.5) is 4.79 Å². The van der Waals surface area contributed by atoms with E-state index >= 15 is 0 Å². The summed E-state index contributed by atoms with van der Waals surface area (Å²) in [6, 6.07) is 24.4. The zero-order valence-corrected chi connectivity index (χ0v) is 22.1. The SMILES string of the molecule is CC(C)CCc1ccccc1S(=O)(=O)NC[C@@H](O)C(Cc1ccccc1)N(Cc1ccccc1)C(=O)O.